The third-order valence-electron chi connectivity index (χ3n) is 4.07. The van der Waals surface area contributed by atoms with E-state index in [1.54, 1.807) is 21.3 Å². The van der Waals surface area contributed by atoms with Crippen molar-refractivity contribution in [2.45, 2.75) is 19.8 Å². The van der Waals surface area contributed by atoms with Gasteiger partial charge in [-0.25, -0.2) is 0 Å². The Morgan fingerprint density at radius 3 is 2.26 bits per heavy atom. The van der Waals surface area contributed by atoms with Crippen molar-refractivity contribution in [3.63, 3.8) is 0 Å². The molecule has 0 saturated heterocycles. The molecule has 2 rings (SSSR count). The number of ether oxygens (including phenoxy) is 3. The first-order valence-corrected chi connectivity index (χ1v) is 8.56. The van der Waals surface area contributed by atoms with Crippen LogP contribution in [0.5, 0.6) is 17.2 Å². The zero-order chi connectivity index (χ0) is 18.9. The molecule has 2 aromatic carbocycles. The van der Waals surface area contributed by atoms with E-state index in [9.17, 15) is 0 Å². The molecule has 0 bridgehead atoms. The number of methoxy groups -OCH3 is 3. The smallest absolute Gasteiger partial charge is 0.193 e. The summed E-state index contributed by atoms with van der Waals surface area (Å²) in [5, 5.41) is 3.12. The van der Waals surface area contributed by atoms with Crippen LogP contribution in [0.2, 0.25) is 0 Å². The van der Waals surface area contributed by atoms with Crippen molar-refractivity contribution in [1.29, 1.82) is 0 Å². The molecular formula is C20H28IN3O3. The zero-order valence-corrected chi connectivity index (χ0v) is 18.6. The van der Waals surface area contributed by atoms with E-state index >= 15 is 0 Å². The van der Waals surface area contributed by atoms with E-state index < -0.39 is 0 Å². The first-order valence-electron chi connectivity index (χ1n) is 8.56. The number of aliphatic imine (C=N–C) groups is 1. The Morgan fingerprint density at radius 2 is 1.70 bits per heavy atom. The fourth-order valence-electron chi connectivity index (χ4n) is 2.67. The maximum atomic E-state index is 6.00. The van der Waals surface area contributed by atoms with Crippen molar-refractivity contribution in [1.82, 2.24) is 0 Å². The number of hydrogen-bond donors (Lipinski definition) is 2. The number of nitrogens with one attached hydrogen (secondary N) is 1. The molecule has 2 aromatic rings. The molecule has 0 saturated carbocycles. The molecule has 3 N–H and O–H groups in total. The fourth-order valence-corrected chi connectivity index (χ4v) is 2.67. The molecule has 0 fully saturated rings. The number of hydrogen-bond acceptors (Lipinski definition) is 4. The van der Waals surface area contributed by atoms with Crippen LogP contribution >= 0.6 is 24.0 Å². The molecule has 0 aliphatic carbocycles. The molecule has 0 atom stereocenters. The minimum atomic E-state index is 0. The second-order valence-corrected chi connectivity index (χ2v) is 5.71. The Bertz CT molecular complexity index is 741. The maximum Gasteiger partial charge on any atom is 0.193 e. The number of halogens is 1. The number of aryl methyl sites for hydroxylation is 1. The average molecular weight is 485 g/mol. The summed E-state index contributed by atoms with van der Waals surface area (Å²) in [6.45, 7) is 2.62. The summed E-state index contributed by atoms with van der Waals surface area (Å²) in [4.78, 5) is 4.40. The summed E-state index contributed by atoms with van der Waals surface area (Å²) in [6, 6.07) is 11.8. The molecule has 0 heterocycles. The highest BCUT2D eigenvalue weighted by Crippen LogP contribution is 2.34. The van der Waals surface area contributed by atoms with Gasteiger partial charge in [-0.2, -0.15) is 0 Å². The predicted octanol–water partition coefficient (Wildman–Crippen LogP) is 3.86. The van der Waals surface area contributed by atoms with Gasteiger partial charge >= 0.3 is 0 Å². The number of anilines is 1. The standard InChI is InChI=1S/C20H27N3O3.HI/c1-5-14-7-6-8-15(11-14)23-20(21)22-10-9-17-18(25-3)12-16(24-2)13-19(17)26-4;/h6-8,11-13H,5,9-10H2,1-4H3,(H3,21,22,23);1H. The zero-order valence-electron chi connectivity index (χ0n) is 16.2. The Labute approximate surface area is 178 Å². The van der Waals surface area contributed by atoms with Crippen molar-refractivity contribution < 1.29 is 14.2 Å². The van der Waals surface area contributed by atoms with Crippen LogP contribution in [0.3, 0.4) is 0 Å². The van der Waals surface area contributed by atoms with E-state index in [2.05, 4.69) is 29.4 Å². The lowest BCUT2D eigenvalue weighted by Gasteiger charge is -2.14. The van der Waals surface area contributed by atoms with Crippen LogP contribution in [-0.4, -0.2) is 33.8 Å². The summed E-state index contributed by atoms with van der Waals surface area (Å²) in [7, 11) is 4.85. The van der Waals surface area contributed by atoms with Crippen LogP contribution in [0, 0.1) is 0 Å². The van der Waals surface area contributed by atoms with E-state index in [0.29, 0.717) is 36.2 Å². The third-order valence-corrected chi connectivity index (χ3v) is 4.07. The number of rotatable bonds is 8. The molecule has 0 aromatic heterocycles. The second kappa shape index (κ2) is 11.5. The summed E-state index contributed by atoms with van der Waals surface area (Å²) in [6.07, 6.45) is 1.61. The highest BCUT2D eigenvalue weighted by Gasteiger charge is 2.12. The van der Waals surface area contributed by atoms with Gasteiger partial charge in [0.15, 0.2) is 5.96 Å². The molecule has 0 unspecified atom stereocenters. The van der Waals surface area contributed by atoms with Crippen molar-refractivity contribution in [3.05, 3.63) is 47.5 Å². The minimum Gasteiger partial charge on any atom is -0.496 e. The predicted molar refractivity (Wildman–Crippen MR) is 121 cm³/mol. The Hall–Kier alpha value is -2.16. The van der Waals surface area contributed by atoms with Crippen molar-refractivity contribution in [2.75, 3.05) is 33.2 Å². The van der Waals surface area contributed by atoms with E-state index in [1.807, 2.05) is 24.3 Å². The first kappa shape index (κ1) is 22.9. The van der Waals surface area contributed by atoms with E-state index in [4.69, 9.17) is 19.9 Å². The Balaban J connectivity index is 0.00000364. The van der Waals surface area contributed by atoms with Crippen LogP contribution in [-0.2, 0) is 12.8 Å². The van der Waals surface area contributed by atoms with Gasteiger partial charge in [0.1, 0.15) is 17.2 Å². The third kappa shape index (κ3) is 6.50. The monoisotopic (exact) mass is 485 g/mol. The molecule has 0 aliphatic rings. The quantitative estimate of drug-likeness (QED) is 0.337. The number of guanidine groups is 1. The highest BCUT2D eigenvalue weighted by molar-refractivity contribution is 14.0. The molecule has 7 heteroatoms. The van der Waals surface area contributed by atoms with Gasteiger partial charge in [-0.1, -0.05) is 19.1 Å². The molecule has 27 heavy (non-hydrogen) atoms. The summed E-state index contributed by atoms with van der Waals surface area (Å²) >= 11 is 0. The lowest BCUT2D eigenvalue weighted by atomic mass is 10.1. The topological polar surface area (TPSA) is 78.1 Å². The molecule has 0 aliphatic heterocycles. The average Bonchev–Trinajstić information content (AvgIpc) is 2.67. The highest BCUT2D eigenvalue weighted by atomic mass is 127. The fraction of sp³-hybridized carbons (Fsp3) is 0.350. The van der Waals surface area contributed by atoms with Gasteiger partial charge in [0.25, 0.3) is 0 Å². The van der Waals surface area contributed by atoms with Crippen molar-refractivity contribution >= 4 is 35.6 Å². The summed E-state index contributed by atoms with van der Waals surface area (Å²) < 4.78 is 16.2. The largest absolute Gasteiger partial charge is 0.496 e. The van der Waals surface area contributed by atoms with Gasteiger partial charge in [0, 0.05) is 29.9 Å². The van der Waals surface area contributed by atoms with Gasteiger partial charge in [0.2, 0.25) is 0 Å². The summed E-state index contributed by atoms with van der Waals surface area (Å²) in [5.74, 6) is 2.48. The lowest BCUT2D eigenvalue weighted by molar-refractivity contribution is 0.369. The molecule has 6 nitrogen and oxygen atoms in total. The summed E-state index contributed by atoms with van der Waals surface area (Å²) in [5.41, 5.74) is 9.12. The van der Waals surface area contributed by atoms with Crippen LogP contribution in [0.25, 0.3) is 0 Å². The normalized spacial score (nSPS) is 10.7. The number of nitrogens with zero attached hydrogens (tertiary/aromatic N) is 1. The molecule has 148 valence electrons. The second-order valence-electron chi connectivity index (χ2n) is 5.71. The van der Waals surface area contributed by atoms with Gasteiger partial charge < -0.3 is 25.3 Å². The molecule has 0 radical (unpaired) electrons. The molecule has 0 amide bonds. The maximum absolute atomic E-state index is 6.00. The van der Waals surface area contributed by atoms with Crippen molar-refractivity contribution in [2.24, 2.45) is 10.7 Å². The van der Waals surface area contributed by atoms with Gasteiger partial charge in [-0.3, -0.25) is 4.99 Å². The van der Waals surface area contributed by atoms with E-state index in [1.165, 1.54) is 5.56 Å². The van der Waals surface area contributed by atoms with Crippen LogP contribution in [0.15, 0.2) is 41.4 Å². The molecular weight excluding hydrogens is 457 g/mol. The van der Waals surface area contributed by atoms with Crippen LogP contribution in [0.4, 0.5) is 5.69 Å². The van der Waals surface area contributed by atoms with Crippen molar-refractivity contribution in [3.8, 4) is 17.2 Å². The van der Waals surface area contributed by atoms with Gasteiger partial charge in [-0.05, 0) is 30.5 Å². The lowest BCUT2D eigenvalue weighted by Crippen LogP contribution is -2.23. The van der Waals surface area contributed by atoms with Gasteiger partial charge in [-0.15, -0.1) is 24.0 Å². The van der Waals surface area contributed by atoms with E-state index in [-0.39, 0.29) is 24.0 Å². The van der Waals surface area contributed by atoms with Gasteiger partial charge in [0.05, 0.1) is 21.3 Å². The van der Waals surface area contributed by atoms with E-state index in [0.717, 1.165) is 17.7 Å². The Morgan fingerprint density at radius 1 is 1.04 bits per heavy atom. The number of benzene rings is 2. The SMILES string of the molecule is CCc1cccc(NC(N)=NCCc2c(OC)cc(OC)cc2OC)c1.I. The van der Waals surface area contributed by atoms with Crippen LogP contribution < -0.4 is 25.3 Å². The Kier molecular flexibility index (Phi) is 9.77. The van der Waals surface area contributed by atoms with Crippen LogP contribution in [0.1, 0.15) is 18.1 Å². The molecule has 0 spiro atoms. The number of nitrogens with two attached hydrogens (primary N) is 1. The minimum absolute atomic E-state index is 0. The first-order chi connectivity index (χ1) is 12.6.